The molecule has 0 atom stereocenters. The van der Waals surface area contributed by atoms with Crippen molar-refractivity contribution in [2.75, 3.05) is 12.8 Å². The van der Waals surface area contributed by atoms with E-state index >= 15 is 0 Å². The van der Waals surface area contributed by atoms with Gasteiger partial charge in [-0.3, -0.25) is 4.79 Å². The third kappa shape index (κ3) is 3.20. The van der Waals surface area contributed by atoms with E-state index in [1.165, 1.54) is 18.0 Å². The fraction of sp³-hybridized carbons (Fsp3) is 0.500. The zero-order valence-corrected chi connectivity index (χ0v) is 10.1. The molecule has 0 saturated heterocycles. The predicted octanol–water partition coefficient (Wildman–Crippen LogP) is -0.223. The number of aromatic nitrogens is 2. The number of esters is 1. The number of methoxy groups -OCH3 is 1. The maximum Gasteiger partial charge on any atom is 0.360 e. The van der Waals surface area contributed by atoms with Gasteiger partial charge in [0.15, 0.2) is 5.69 Å². The first-order valence-electron chi connectivity index (χ1n) is 5.14. The monoisotopic (exact) mass is 240 g/mol. The van der Waals surface area contributed by atoms with Crippen LogP contribution in [-0.4, -0.2) is 34.6 Å². The number of nitrogens with two attached hydrogens (primary N) is 1. The lowest BCUT2D eigenvalue weighted by molar-refractivity contribution is -0.122. The molecule has 1 aromatic rings. The minimum Gasteiger partial charge on any atom is -0.464 e. The minimum atomic E-state index is -0.620. The van der Waals surface area contributed by atoms with E-state index in [1.54, 1.807) is 0 Å². The van der Waals surface area contributed by atoms with Gasteiger partial charge in [0, 0.05) is 6.04 Å². The van der Waals surface area contributed by atoms with Gasteiger partial charge in [-0.2, -0.15) is 0 Å². The zero-order valence-electron chi connectivity index (χ0n) is 10.1. The van der Waals surface area contributed by atoms with Gasteiger partial charge in [-0.05, 0) is 13.8 Å². The Morgan fingerprint density at radius 2 is 2.24 bits per heavy atom. The molecule has 1 heterocycles. The number of nitrogen functional groups attached to an aromatic ring is 1. The molecule has 94 valence electrons. The van der Waals surface area contributed by atoms with Crippen molar-refractivity contribution >= 4 is 17.7 Å². The lowest BCUT2D eigenvalue weighted by Crippen LogP contribution is -2.33. The topological polar surface area (TPSA) is 99.2 Å². The molecular weight excluding hydrogens is 224 g/mol. The molecule has 7 nitrogen and oxygen atoms in total. The summed E-state index contributed by atoms with van der Waals surface area (Å²) in [4.78, 5) is 26.5. The molecule has 0 saturated carbocycles. The fourth-order valence-electron chi connectivity index (χ4n) is 1.29. The van der Waals surface area contributed by atoms with Gasteiger partial charge >= 0.3 is 5.97 Å². The van der Waals surface area contributed by atoms with Crippen LogP contribution < -0.4 is 11.1 Å². The normalized spacial score (nSPS) is 10.4. The molecule has 0 fully saturated rings. The Morgan fingerprint density at radius 3 is 2.76 bits per heavy atom. The number of carbonyl (C=O) groups excluding carboxylic acids is 2. The van der Waals surface area contributed by atoms with Crippen molar-refractivity contribution < 1.29 is 14.3 Å². The Morgan fingerprint density at radius 1 is 1.59 bits per heavy atom. The molecule has 0 aliphatic carbocycles. The number of rotatable bonds is 4. The molecule has 0 aliphatic heterocycles. The largest absolute Gasteiger partial charge is 0.464 e. The third-order valence-electron chi connectivity index (χ3n) is 2.02. The molecule has 3 N–H and O–H groups in total. The number of ether oxygens (including phenoxy) is 1. The van der Waals surface area contributed by atoms with E-state index in [9.17, 15) is 9.59 Å². The third-order valence-corrected chi connectivity index (χ3v) is 2.02. The second-order valence-electron chi connectivity index (χ2n) is 3.82. The van der Waals surface area contributed by atoms with Gasteiger partial charge < -0.3 is 20.4 Å². The van der Waals surface area contributed by atoms with Crippen LogP contribution in [0.25, 0.3) is 0 Å². The van der Waals surface area contributed by atoms with Crippen molar-refractivity contribution in [2.24, 2.45) is 0 Å². The van der Waals surface area contributed by atoms with Gasteiger partial charge in [-0.15, -0.1) is 0 Å². The summed E-state index contributed by atoms with van der Waals surface area (Å²) in [7, 11) is 1.24. The summed E-state index contributed by atoms with van der Waals surface area (Å²) < 4.78 is 5.90. The van der Waals surface area contributed by atoms with Crippen molar-refractivity contribution in [1.29, 1.82) is 0 Å². The van der Waals surface area contributed by atoms with Gasteiger partial charge in [0.2, 0.25) is 5.91 Å². The van der Waals surface area contributed by atoms with Crippen LogP contribution in [0.5, 0.6) is 0 Å². The smallest absolute Gasteiger partial charge is 0.360 e. The van der Waals surface area contributed by atoms with E-state index in [0.717, 1.165) is 0 Å². The average Bonchev–Trinajstić information content (AvgIpc) is 2.58. The molecule has 1 amide bonds. The first-order chi connectivity index (χ1) is 7.95. The van der Waals surface area contributed by atoms with E-state index in [0.29, 0.717) is 0 Å². The van der Waals surface area contributed by atoms with E-state index in [4.69, 9.17) is 5.73 Å². The average molecular weight is 240 g/mol. The number of nitrogens with one attached hydrogen (secondary N) is 1. The Balaban J connectivity index is 2.77. The zero-order chi connectivity index (χ0) is 13.0. The van der Waals surface area contributed by atoms with Crippen molar-refractivity contribution in [2.45, 2.75) is 26.4 Å². The van der Waals surface area contributed by atoms with Gasteiger partial charge in [0.05, 0.1) is 13.4 Å². The number of amides is 1. The van der Waals surface area contributed by atoms with E-state index in [1.807, 2.05) is 13.8 Å². The van der Waals surface area contributed by atoms with Crippen LogP contribution in [0.15, 0.2) is 6.33 Å². The fourth-order valence-corrected chi connectivity index (χ4v) is 1.29. The van der Waals surface area contributed by atoms with Gasteiger partial charge in [-0.1, -0.05) is 0 Å². The summed E-state index contributed by atoms with van der Waals surface area (Å²) in [5.74, 6) is -0.693. The quantitative estimate of drug-likeness (QED) is 0.708. The van der Waals surface area contributed by atoms with E-state index in [-0.39, 0.29) is 30.0 Å². The van der Waals surface area contributed by atoms with Crippen LogP contribution in [0, 0.1) is 0 Å². The number of carbonyl (C=O) groups is 2. The molecule has 0 spiro atoms. The molecule has 0 aliphatic rings. The Bertz CT molecular complexity index is 425. The summed E-state index contributed by atoms with van der Waals surface area (Å²) >= 11 is 0. The first-order valence-corrected chi connectivity index (χ1v) is 5.14. The molecule has 0 aromatic carbocycles. The molecule has 17 heavy (non-hydrogen) atoms. The van der Waals surface area contributed by atoms with Crippen molar-refractivity contribution in [1.82, 2.24) is 14.9 Å². The highest BCUT2D eigenvalue weighted by molar-refractivity contribution is 5.92. The molecule has 1 rings (SSSR count). The summed E-state index contributed by atoms with van der Waals surface area (Å²) in [6.07, 6.45) is 1.33. The molecule has 0 bridgehead atoms. The second-order valence-corrected chi connectivity index (χ2v) is 3.82. The number of anilines is 1. The standard InChI is InChI=1S/C10H16N4O3/c1-6(2)13-7(15)4-14-5-12-8(9(14)11)10(16)17-3/h5-6H,4,11H2,1-3H3,(H,13,15). The molecule has 0 radical (unpaired) electrons. The summed E-state index contributed by atoms with van der Waals surface area (Å²) in [6.45, 7) is 3.73. The van der Waals surface area contributed by atoms with Gasteiger partial charge in [0.25, 0.3) is 0 Å². The number of hydrogen-bond donors (Lipinski definition) is 2. The predicted molar refractivity (Wildman–Crippen MR) is 61.3 cm³/mol. The van der Waals surface area contributed by atoms with Crippen LogP contribution in [0.1, 0.15) is 24.3 Å². The number of nitrogens with zero attached hydrogens (tertiary/aromatic N) is 2. The minimum absolute atomic E-state index is 0.0184. The van der Waals surface area contributed by atoms with Gasteiger partial charge in [-0.25, -0.2) is 9.78 Å². The maximum absolute atomic E-state index is 11.5. The van der Waals surface area contributed by atoms with Gasteiger partial charge in [0.1, 0.15) is 12.4 Å². The molecule has 0 unspecified atom stereocenters. The highest BCUT2D eigenvalue weighted by Gasteiger charge is 2.17. The second kappa shape index (κ2) is 5.33. The van der Waals surface area contributed by atoms with Crippen molar-refractivity contribution in [3.63, 3.8) is 0 Å². The molecule has 1 aromatic heterocycles. The van der Waals surface area contributed by atoms with Crippen LogP contribution in [0.2, 0.25) is 0 Å². The van der Waals surface area contributed by atoms with E-state index in [2.05, 4.69) is 15.0 Å². The van der Waals surface area contributed by atoms with Crippen molar-refractivity contribution in [3.05, 3.63) is 12.0 Å². The van der Waals surface area contributed by atoms with Crippen LogP contribution in [0.3, 0.4) is 0 Å². The number of imidazole rings is 1. The summed E-state index contributed by atoms with van der Waals surface area (Å²) in [5.41, 5.74) is 5.70. The van der Waals surface area contributed by atoms with E-state index < -0.39 is 5.97 Å². The summed E-state index contributed by atoms with van der Waals surface area (Å²) in [6, 6.07) is 0.0484. The highest BCUT2D eigenvalue weighted by Crippen LogP contribution is 2.10. The van der Waals surface area contributed by atoms with Crippen molar-refractivity contribution in [3.8, 4) is 0 Å². The lowest BCUT2D eigenvalue weighted by atomic mass is 10.4. The van der Waals surface area contributed by atoms with Crippen LogP contribution in [0.4, 0.5) is 5.82 Å². The number of hydrogen-bond acceptors (Lipinski definition) is 5. The SMILES string of the molecule is COC(=O)c1ncn(CC(=O)NC(C)C)c1N. The summed E-state index contributed by atoms with van der Waals surface area (Å²) in [5, 5.41) is 2.71. The van der Waals surface area contributed by atoms with Crippen LogP contribution in [-0.2, 0) is 16.1 Å². The molecule has 7 heteroatoms. The first kappa shape index (κ1) is 13.0. The lowest BCUT2D eigenvalue weighted by Gasteiger charge is -2.09. The Kier molecular flexibility index (Phi) is 4.08. The Hall–Kier alpha value is -2.05. The Labute approximate surface area is 99.0 Å². The van der Waals surface area contributed by atoms with Crippen LogP contribution >= 0.6 is 0 Å². The maximum atomic E-state index is 11.5. The highest BCUT2D eigenvalue weighted by atomic mass is 16.5. The molecular formula is C10H16N4O3.